The number of thioether (sulfide) groups is 1. The zero-order chi connectivity index (χ0) is 18.4. The molecule has 2 aromatic carbocycles. The van der Waals surface area contributed by atoms with Crippen molar-refractivity contribution in [1.82, 2.24) is 9.97 Å². The first-order valence-electron chi connectivity index (χ1n) is 7.89. The van der Waals surface area contributed by atoms with E-state index in [0.717, 1.165) is 11.4 Å². The van der Waals surface area contributed by atoms with Gasteiger partial charge in [-0.2, -0.15) is 4.98 Å². The summed E-state index contributed by atoms with van der Waals surface area (Å²) < 4.78 is 11.4. The highest BCUT2D eigenvalue weighted by atomic mass is 35.5. The van der Waals surface area contributed by atoms with Crippen LogP contribution in [0, 0.1) is 6.92 Å². The molecule has 0 aliphatic rings. The lowest BCUT2D eigenvalue weighted by atomic mass is 10.3. The van der Waals surface area contributed by atoms with Gasteiger partial charge in [0.05, 0.1) is 11.6 Å². The van der Waals surface area contributed by atoms with E-state index in [1.165, 1.54) is 11.8 Å². The molecule has 0 aliphatic heterocycles. The van der Waals surface area contributed by atoms with Crippen LogP contribution in [0.1, 0.15) is 5.69 Å². The first-order chi connectivity index (χ1) is 12.6. The fourth-order valence-corrected chi connectivity index (χ4v) is 3.29. The van der Waals surface area contributed by atoms with Gasteiger partial charge in [-0.3, -0.25) is 0 Å². The van der Waals surface area contributed by atoms with Crippen molar-refractivity contribution in [2.75, 3.05) is 12.4 Å². The molecule has 0 radical (unpaired) electrons. The molecule has 1 aromatic heterocycles. The van der Waals surface area contributed by atoms with E-state index in [2.05, 4.69) is 9.97 Å². The van der Waals surface area contributed by atoms with Crippen LogP contribution in [0.4, 0.5) is 0 Å². The molecule has 0 spiro atoms. The van der Waals surface area contributed by atoms with Crippen molar-refractivity contribution < 1.29 is 9.47 Å². The molecule has 0 bridgehead atoms. The van der Waals surface area contributed by atoms with Crippen molar-refractivity contribution in [2.45, 2.75) is 12.1 Å². The second kappa shape index (κ2) is 9.12. The summed E-state index contributed by atoms with van der Waals surface area (Å²) in [6.07, 6.45) is 0. The Morgan fingerprint density at radius 2 is 1.81 bits per heavy atom. The number of hydrogen-bond donors (Lipinski definition) is 0. The number of nitrogens with zero attached hydrogens (tertiary/aromatic N) is 2. The van der Waals surface area contributed by atoms with Gasteiger partial charge in [-0.1, -0.05) is 53.2 Å². The highest BCUT2D eigenvalue weighted by molar-refractivity contribution is 7.99. The molecule has 26 heavy (non-hydrogen) atoms. The molecule has 1 heterocycles. The molecule has 0 N–H and O–H groups in total. The maximum absolute atomic E-state index is 6.09. The third-order valence-corrected chi connectivity index (χ3v) is 4.58. The van der Waals surface area contributed by atoms with Crippen LogP contribution in [0.2, 0.25) is 10.0 Å². The number of ether oxygens (including phenoxy) is 2. The quantitative estimate of drug-likeness (QED) is 0.271. The highest BCUT2D eigenvalue weighted by Crippen LogP contribution is 2.28. The van der Waals surface area contributed by atoms with Crippen LogP contribution in [0.25, 0.3) is 0 Å². The number of benzene rings is 2. The number of para-hydroxylation sites is 1. The van der Waals surface area contributed by atoms with Crippen molar-refractivity contribution in [1.29, 1.82) is 0 Å². The number of aromatic nitrogens is 2. The lowest BCUT2D eigenvalue weighted by Crippen LogP contribution is -2.02. The van der Waals surface area contributed by atoms with Crippen LogP contribution in [0.5, 0.6) is 17.4 Å². The van der Waals surface area contributed by atoms with E-state index in [0.29, 0.717) is 39.2 Å². The van der Waals surface area contributed by atoms with Crippen molar-refractivity contribution >= 4 is 35.0 Å². The lowest BCUT2D eigenvalue weighted by Gasteiger charge is -2.09. The molecule has 0 saturated carbocycles. The third kappa shape index (κ3) is 5.53. The standard InChI is InChI=1S/C19H16Cl2N2O2S/c1-13-11-18(25-15-5-3-2-4-6-15)23-19(22-13)26-10-9-24-17-8-7-14(20)12-16(17)21/h2-8,11-12H,9-10H2,1H3. The number of hydrogen-bond acceptors (Lipinski definition) is 5. The Morgan fingerprint density at radius 3 is 2.58 bits per heavy atom. The first-order valence-corrected chi connectivity index (χ1v) is 9.63. The summed E-state index contributed by atoms with van der Waals surface area (Å²) in [5.74, 6) is 2.54. The van der Waals surface area contributed by atoms with Gasteiger partial charge in [-0.25, -0.2) is 4.98 Å². The minimum atomic E-state index is 0.470. The van der Waals surface area contributed by atoms with Crippen LogP contribution in [-0.2, 0) is 0 Å². The van der Waals surface area contributed by atoms with E-state index in [9.17, 15) is 0 Å². The van der Waals surface area contributed by atoms with Gasteiger partial charge in [0.1, 0.15) is 11.5 Å². The summed E-state index contributed by atoms with van der Waals surface area (Å²) >= 11 is 13.5. The fourth-order valence-electron chi connectivity index (χ4n) is 2.12. The summed E-state index contributed by atoms with van der Waals surface area (Å²) in [4.78, 5) is 8.86. The molecule has 7 heteroatoms. The van der Waals surface area contributed by atoms with E-state index in [1.54, 1.807) is 24.3 Å². The molecule has 4 nitrogen and oxygen atoms in total. The number of rotatable bonds is 7. The lowest BCUT2D eigenvalue weighted by molar-refractivity contribution is 0.344. The molecule has 134 valence electrons. The fraction of sp³-hybridized carbons (Fsp3) is 0.158. The number of halogens is 2. The topological polar surface area (TPSA) is 44.2 Å². The minimum absolute atomic E-state index is 0.470. The van der Waals surface area contributed by atoms with Gasteiger partial charge < -0.3 is 9.47 Å². The molecule has 0 fully saturated rings. The summed E-state index contributed by atoms with van der Waals surface area (Å²) in [5, 5.41) is 1.71. The Kier molecular flexibility index (Phi) is 6.61. The predicted molar refractivity (Wildman–Crippen MR) is 106 cm³/mol. The molecule has 0 amide bonds. The van der Waals surface area contributed by atoms with Crippen molar-refractivity contribution in [3.63, 3.8) is 0 Å². The zero-order valence-electron chi connectivity index (χ0n) is 14.0. The maximum atomic E-state index is 6.09. The Balaban J connectivity index is 1.56. The van der Waals surface area contributed by atoms with Crippen LogP contribution < -0.4 is 9.47 Å². The summed E-state index contributed by atoms with van der Waals surface area (Å²) in [7, 11) is 0. The minimum Gasteiger partial charge on any atom is -0.491 e. The van der Waals surface area contributed by atoms with Gasteiger partial charge in [0, 0.05) is 22.5 Å². The van der Waals surface area contributed by atoms with Gasteiger partial charge >= 0.3 is 0 Å². The Labute approximate surface area is 166 Å². The highest BCUT2D eigenvalue weighted by Gasteiger charge is 2.07. The van der Waals surface area contributed by atoms with Gasteiger partial charge in [0.15, 0.2) is 5.16 Å². The Bertz CT molecular complexity index is 879. The van der Waals surface area contributed by atoms with E-state index in [-0.39, 0.29) is 0 Å². The summed E-state index contributed by atoms with van der Waals surface area (Å²) in [5.41, 5.74) is 0.843. The average Bonchev–Trinajstić information content (AvgIpc) is 2.60. The van der Waals surface area contributed by atoms with Crippen molar-refractivity contribution in [3.05, 3.63) is 70.3 Å². The van der Waals surface area contributed by atoms with Crippen LogP contribution in [0.15, 0.2) is 59.8 Å². The SMILES string of the molecule is Cc1cc(Oc2ccccc2)nc(SCCOc2ccc(Cl)cc2Cl)n1. The van der Waals surface area contributed by atoms with Gasteiger partial charge in [-0.05, 0) is 37.3 Å². The molecule has 0 saturated heterocycles. The van der Waals surface area contributed by atoms with E-state index >= 15 is 0 Å². The summed E-state index contributed by atoms with van der Waals surface area (Å²) in [6.45, 7) is 2.38. The molecule has 0 aliphatic carbocycles. The predicted octanol–water partition coefficient (Wildman–Crippen LogP) is 6.06. The van der Waals surface area contributed by atoms with Gasteiger partial charge in [0.25, 0.3) is 0 Å². The van der Waals surface area contributed by atoms with Crippen LogP contribution in [-0.4, -0.2) is 22.3 Å². The second-order valence-corrected chi connectivity index (χ2v) is 7.22. The molecular weight excluding hydrogens is 391 g/mol. The smallest absolute Gasteiger partial charge is 0.223 e. The third-order valence-electron chi connectivity index (χ3n) is 3.24. The second-order valence-electron chi connectivity index (χ2n) is 5.32. The molecular formula is C19H16Cl2N2O2S. The van der Waals surface area contributed by atoms with Gasteiger partial charge in [-0.15, -0.1) is 0 Å². The average molecular weight is 407 g/mol. The monoisotopic (exact) mass is 406 g/mol. The molecule has 0 atom stereocenters. The molecule has 0 unspecified atom stereocenters. The molecule has 3 aromatic rings. The van der Waals surface area contributed by atoms with Crippen LogP contribution in [0.3, 0.4) is 0 Å². The maximum Gasteiger partial charge on any atom is 0.223 e. The van der Waals surface area contributed by atoms with E-state index in [4.69, 9.17) is 32.7 Å². The Morgan fingerprint density at radius 1 is 1.00 bits per heavy atom. The van der Waals surface area contributed by atoms with E-state index < -0.39 is 0 Å². The molecule has 3 rings (SSSR count). The normalized spacial score (nSPS) is 10.6. The van der Waals surface area contributed by atoms with Crippen LogP contribution >= 0.6 is 35.0 Å². The Hall–Kier alpha value is -1.95. The van der Waals surface area contributed by atoms with Crippen molar-refractivity contribution in [2.24, 2.45) is 0 Å². The van der Waals surface area contributed by atoms with Crippen molar-refractivity contribution in [3.8, 4) is 17.4 Å². The number of aryl methyl sites for hydroxylation is 1. The van der Waals surface area contributed by atoms with Gasteiger partial charge in [0.2, 0.25) is 5.88 Å². The summed E-state index contributed by atoms with van der Waals surface area (Å²) in [6, 6.07) is 16.5. The van der Waals surface area contributed by atoms with E-state index in [1.807, 2.05) is 37.3 Å². The zero-order valence-corrected chi connectivity index (χ0v) is 16.3. The first kappa shape index (κ1) is 18.8. The largest absolute Gasteiger partial charge is 0.491 e.